The molecule has 0 N–H and O–H groups in total. The first-order valence-corrected chi connectivity index (χ1v) is 4.36. The Bertz CT molecular complexity index is 366. The van der Waals surface area contributed by atoms with Crippen molar-refractivity contribution in [3.63, 3.8) is 0 Å². The van der Waals surface area contributed by atoms with E-state index in [1.54, 1.807) is 12.1 Å². The van der Waals surface area contributed by atoms with Gasteiger partial charge in [-0.2, -0.15) is 5.26 Å². The van der Waals surface area contributed by atoms with E-state index in [0.717, 1.165) is 5.56 Å². The van der Waals surface area contributed by atoms with Crippen LogP contribution in [0.15, 0.2) is 24.3 Å². The summed E-state index contributed by atoms with van der Waals surface area (Å²) in [6.07, 6.45) is 1.16. The largest absolute Gasteiger partial charge is 0.427 e. The van der Waals surface area contributed by atoms with Gasteiger partial charge in [0.2, 0.25) is 0 Å². The number of carbonyl (C=O) groups excluding carboxylic acids is 1. The standard InChI is InChI=1S/C11H11NO2/c1-9(13)14-11-6-2-4-10(8-11)5-3-7-12/h2,4,6,8H,3,5H2,1H3. The van der Waals surface area contributed by atoms with Crippen molar-refractivity contribution in [2.45, 2.75) is 19.8 Å². The number of rotatable bonds is 3. The highest BCUT2D eigenvalue weighted by molar-refractivity contribution is 5.69. The van der Waals surface area contributed by atoms with Crippen molar-refractivity contribution in [2.24, 2.45) is 0 Å². The Kier molecular flexibility index (Phi) is 3.69. The summed E-state index contributed by atoms with van der Waals surface area (Å²) in [4.78, 5) is 10.7. The Morgan fingerprint density at radius 2 is 2.36 bits per heavy atom. The molecule has 3 heteroatoms. The van der Waals surface area contributed by atoms with Crippen LogP contribution >= 0.6 is 0 Å². The Balaban J connectivity index is 2.69. The molecule has 0 aliphatic rings. The van der Waals surface area contributed by atoms with Gasteiger partial charge in [0.1, 0.15) is 5.75 Å². The number of carbonyl (C=O) groups is 1. The molecule has 14 heavy (non-hydrogen) atoms. The van der Waals surface area contributed by atoms with E-state index in [9.17, 15) is 4.79 Å². The highest BCUT2D eigenvalue weighted by Crippen LogP contribution is 2.14. The SMILES string of the molecule is CC(=O)Oc1cccc(CCC#N)c1. The van der Waals surface area contributed by atoms with Gasteiger partial charge in [-0.15, -0.1) is 0 Å². The summed E-state index contributed by atoms with van der Waals surface area (Å²) in [5.74, 6) is 0.204. The van der Waals surface area contributed by atoms with E-state index in [1.165, 1.54) is 6.92 Å². The second-order valence-corrected chi connectivity index (χ2v) is 2.90. The average molecular weight is 189 g/mol. The molecule has 0 aromatic heterocycles. The van der Waals surface area contributed by atoms with Crippen LogP contribution in [0.4, 0.5) is 0 Å². The number of esters is 1. The van der Waals surface area contributed by atoms with Gasteiger partial charge in [-0.05, 0) is 24.1 Å². The second-order valence-electron chi connectivity index (χ2n) is 2.90. The van der Waals surface area contributed by atoms with Crippen molar-refractivity contribution in [3.8, 4) is 11.8 Å². The van der Waals surface area contributed by atoms with Gasteiger partial charge < -0.3 is 4.74 Å². The zero-order valence-corrected chi connectivity index (χ0v) is 7.99. The van der Waals surface area contributed by atoms with Crippen LogP contribution in [0.1, 0.15) is 18.9 Å². The number of hydrogen-bond acceptors (Lipinski definition) is 3. The predicted molar refractivity (Wildman–Crippen MR) is 51.7 cm³/mol. The molecule has 0 unspecified atom stereocenters. The molecule has 1 aromatic carbocycles. The van der Waals surface area contributed by atoms with Gasteiger partial charge in [-0.25, -0.2) is 0 Å². The van der Waals surface area contributed by atoms with Crippen LogP contribution in [-0.4, -0.2) is 5.97 Å². The second kappa shape index (κ2) is 5.03. The molecule has 0 spiro atoms. The van der Waals surface area contributed by atoms with Crippen molar-refractivity contribution < 1.29 is 9.53 Å². The average Bonchev–Trinajstić information content (AvgIpc) is 2.14. The Morgan fingerprint density at radius 1 is 1.57 bits per heavy atom. The molecule has 0 amide bonds. The molecule has 0 saturated carbocycles. The van der Waals surface area contributed by atoms with Crippen LogP contribution in [0.3, 0.4) is 0 Å². The summed E-state index contributed by atoms with van der Waals surface area (Å²) in [6, 6.07) is 9.28. The fourth-order valence-electron chi connectivity index (χ4n) is 1.13. The Labute approximate surface area is 82.9 Å². The number of nitrogens with zero attached hydrogens (tertiary/aromatic N) is 1. The smallest absolute Gasteiger partial charge is 0.308 e. The zero-order valence-electron chi connectivity index (χ0n) is 7.99. The van der Waals surface area contributed by atoms with Crippen LogP contribution in [0.25, 0.3) is 0 Å². The van der Waals surface area contributed by atoms with E-state index < -0.39 is 0 Å². The maximum Gasteiger partial charge on any atom is 0.308 e. The molecule has 0 aliphatic carbocycles. The minimum absolute atomic E-state index is 0.331. The van der Waals surface area contributed by atoms with E-state index in [2.05, 4.69) is 6.07 Å². The van der Waals surface area contributed by atoms with E-state index in [4.69, 9.17) is 10.00 Å². The number of nitriles is 1. The first-order valence-electron chi connectivity index (χ1n) is 4.36. The Hall–Kier alpha value is -1.82. The van der Waals surface area contributed by atoms with E-state index >= 15 is 0 Å². The zero-order chi connectivity index (χ0) is 10.4. The van der Waals surface area contributed by atoms with Crippen LogP contribution in [0, 0.1) is 11.3 Å². The van der Waals surface area contributed by atoms with Gasteiger partial charge in [0.15, 0.2) is 0 Å². The molecule has 0 aliphatic heterocycles. The number of benzene rings is 1. The minimum atomic E-state index is -0.331. The molecule has 0 fully saturated rings. The maximum absolute atomic E-state index is 10.7. The monoisotopic (exact) mass is 189 g/mol. The fraction of sp³-hybridized carbons (Fsp3) is 0.273. The third-order valence-electron chi connectivity index (χ3n) is 1.69. The lowest BCUT2D eigenvalue weighted by molar-refractivity contribution is -0.131. The Morgan fingerprint density at radius 3 is 3.00 bits per heavy atom. The normalized spacial score (nSPS) is 9.14. The first kappa shape index (κ1) is 10.3. The van der Waals surface area contributed by atoms with Crippen LogP contribution in [0.5, 0.6) is 5.75 Å². The summed E-state index contributed by atoms with van der Waals surface area (Å²) in [6.45, 7) is 1.36. The lowest BCUT2D eigenvalue weighted by atomic mass is 10.1. The van der Waals surface area contributed by atoms with Gasteiger partial charge in [0.05, 0.1) is 6.07 Å². The van der Waals surface area contributed by atoms with Crippen LogP contribution < -0.4 is 4.74 Å². The summed E-state index contributed by atoms with van der Waals surface area (Å²) in [5.41, 5.74) is 1.00. The third-order valence-corrected chi connectivity index (χ3v) is 1.69. The van der Waals surface area contributed by atoms with Gasteiger partial charge in [-0.3, -0.25) is 4.79 Å². The molecule has 1 rings (SSSR count). The maximum atomic E-state index is 10.7. The quantitative estimate of drug-likeness (QED) is 0.540. The molecule has 0 saturated heterocycles. The molecular formula is C11H11NO2. The first-order chi connectivity index (χ1) is 6.72. The molecule has 1 aromatic rings. The molecule has 3 nitrogen and oxygen atoms in total. The van der Waals surface area contributed by atoms with E-state index in [0.29, 0.717) is 18.6 Å². The highest BCUT2D eigenvalue weighted by Gasteiger charge is 1.99. The fourth-order valence-corrected chi connectivity index (χ4v) is 1.13. The summed E-state index contributed by atoms with van der Waals surface area (Å²) >= 11 is 0. The van der Waals surface area contributed by atoms with Crippen molar-refractivity contribution in [2.75, 3.05) is 0 Å². The molecule has 0 bridgehead atoms. The number of ether oxygens (including phenoxy) is 1. The van der Waals surface area contributed by atoms with Crippen molar-refractivity contribution in [1.29, 1.82) is 5.26 Å². The van der Waals surface area contributed by atoms with Crippen LogP contribution in [0.2, 0.25) is 0 Å². The molecule has 0 radical (unpaired) electrons. The summed E-state index contributed by atoms with van der Waals surface area (Å²) in [5, 5.41) is 8.41. The van der Waals surface area contributed by atoms with Crippen LogP contribution in [-0.2, 0) is 11.2 Å². The van der Waals surface area contributed by atoms with E-state index in [1.807, 2.05) is 12.1 Å². The number of hydrogen-bond donors (Lipinski definition) is 0. The summed E-state index contributed by atoms with van der Waals surface area (Å²) in [7, 11) is 0. The van der Waals surface area contributed by atoms with Gasteiger partial charge in [0, 0.05) is 13.3 Å². The highest BCUT2D eigenvalue weighted by atomic mass is 16.5. The lowest BCUT2D eigenvalue weighted by Crippen LogP contribution is -2.01. The lowest BCUT2D eigenvalue weighted by Gasteiger charge is -2.02. The molecule has 0 atom stereocenters. The van der Waals surface area contributed by atoms with E-state index in [-0.39, 0.29) is 5.97 Å². The third kappa shape index (κ3) is 3.28. The van der Waals surface area contributed by atoms with Crippen molar-refractivity contribution >= 4 is 5.97 Å². The predicted octanol–water partition coefficient (Wildman–Crippen LogP) is 2.07. The van der Waals surface area contributed by atoms with Crippen molar-refractivity contribution in [3.05, 3.63) is 29.8 Å². The molecular weight excluding hydrogens is 178 g/mol. The topological polar surface area (TPSA) is 50.1 Å². The van der Waals surface area contributed by atoms with Gasteiger partial charge >= 0.3 is 5.97 Å². The molecule has 0 heterocycles. The molecule has 72 valence electrons. The van der Waals surface area contributed by atoms with Gasteiger partial charge in [0.25, 0.3) is 0 Å². The summed E-state index contributed by atoms with van der Waals surface area (Å²) < 4.78 is 4.91. The van der Waals surface area contributed by atoms with Gasteiger partial charge in [-0.1, -0.05) is 12.1 Å². The van der Waals surface area contributed by atoms with Crippen molar-refractivity contribution in [1.82, 2.24) is 0 Å². The minimum Gasteiger partial charge on any atom is -0.427 e. The number of aryl methyl sites for hydroxylation is 1.